The van der Waals surface area contributed by atoms with Crippen LogP contribution in [0.2, 0.25) is 0 Å². The molecule has 0 aliphatic carbocycles. The fourth-order valence-corrected chi connectivity index (χ4v) is 5.12. The summed E-state index contributed by atoms with van der Waals surface area (Å²) in [5, 5.41) is 0. The van der Waals surface area contributed by atoms with Crippen molar-refractivity contribution in [3.63, 3.8) is 0 Å². The maximum atomic E-state index is 15.3. The van der Waals surface area contributed by atoms with Gasteiger partial charge in [-0.05, 0) is 46.6 Å². The van der Waals surface area contributed by atoms with Gasteiger partial charge in [0.05, 0.1) is 12.8 Å². The Bertz CT molecular complexity index is 1770. The van der Waals surface area contributed by atoms with Crippen LogP contribution in [0.25, 0.3) is 22.3 Å². The smallest absolute Gasteiger partial charge is 0.415 e. The highest BCUT2D eigenvalue weighted by Gasteiger charge is 2.36. The van der Waals surface area contributed by atoms with Crippen LogP contribution in [0.15, 0.2) is 55.1 Å². The number of pyridine rings is 1. The molecule has 1 aliphatic heterocycles. The summed E-state index contributed by atoms with van der Waals surface area (Å²) in [4.78, 5) is 39.9. The molecule has 1 amide bonds. The molecule has 0 fully saturated rings. The van der Waals surface area contributed by atoms with E-state index in [9.17, 15) is 18.4 Å². The number of carbonyl (C=O) groups is 2. The van der Waals surface area contributed by atoms with Crippen LogP contribution >= 0.6 is 0 Å². The third-order valence-corrected chi connectivity index (χ3v) is 7.20. The van der Waals surface area contributed by atoms with Crippen molar-refractivity contribution >= 4 is 23.3 Å². The number of benzene rings is 1. The lowest BCUT2D eigenvalue weighted by Gasteiger charge is -2.33. The summed E-state index contributed by atoms with van der Waals surface area (Å²) in [5.41, 5.74) is 2.52. The third kappa shape index (κ3) is 6.92. The first-order valence-corrected chi connectivity index (χ1v) is 14.2. The quantitative estimate of drug-likeness (QED) is 0.220. The summed E-state index contributed by atoms with van der Waals surface area (Å²) >= 11 is 0. The molecule has 1 unspecified atom stereocenters. The summed E-state index contributed by atoms with van der Waals surface area (Å²) in [7, 11) is 1.25. The van der Waals surface area contributed by atoms with Crippen molar-refractivity contribution in [3.8, 4) is 16.9 Å². The van der Waals surface area contributed by atoms with Crippen molar-refractivity contribution < 1.29 is 37.0 Å². The fourth-order valence-electron chi connectivity index (χ4n) is 5.12. The number of halogens is 3. The van der Waals surface area contributed by atoms with Gasteiger partial charge in [0.1, 0.15) is 28.9 Å². The Morgan fingerprint density at radius 3 is 2.51 bits per heavy atom. The number of carbonyl (C=O) groups excluding carboxylic acids is 2. The lowest BCUT2D eigenvalue weighted by atomic mass is 10.00. The first kappa shape index (κ1) is 31.5. The van der Waals surface area contributed by atoms with Crippen LogP contribution in [0.3, 0.4) is 0 Å². The van der Waals surface area contributed by atoms with Crippen molar-refractivity contribution in [1.29, 1.82) is 0 Å². The van der Waals surface area contributed by atoms with Gasteiger partial charge in [0.2, 0.25) is 0 Å². The Morgan fingerprint density at radius 2 is 1.84 bits per heavy atom. The molecule has 4 heterocycles. The normalized spacial score (nSPS) is 15.3. The first-order valence-electron chi connectivity index (χ1n) is 14.2. The van der Waals surface area contributed by atoms with Gasteiger partial charge in [-0.2, -0.15) is 8.78 Å². The van der Waals surface area contributed by atoms with Gasteiger partial charge in [0, 0.05) is 65.2 Å². The molecule has 45 heavy (non-hydrogen) atoms. The molecule has 0 saturated heterocycles. The van der Waals surface area contributed by atoms with E-state index in [1.807, 2.05) is 0 Å². The SMILES string of the molecule is COC(=O)C1CCC(c2ncc(-c3cn4c(Cc5ccccc5OC(F)F)c(C)nc4cc3F)cn2)=CN1C(=O)OC(C)(C)C. The minimum atomic E-state index is -2.97. The molecule has 4 aromatic rings. The van der Waals surface area contributed by atoms with Crippen molar-refractivity contribution in [2.24, 2.45) is 0 Å². The largest absolute Gasteiger partial charge is 0.467 e. The van der Waals surface area contributed by atoms with E-state index in [4.69, 9.17) is 9.47 Å². The van der Waals surface area contributed by atoms with E-state index >= 15 is 4.39 Å². The number of alkyl halides is 2. The van der Waals surface area contributed by atoms with E-state index in [2.05, 4.69) is 19.7 Å². The number of ether oxygens (including phenoxy) is 3. The van der Waals surface area contributed by atoms with Gasteiger partial charge in [-0.3, -0.25) is 4.90 Å². The van der Waals surface area contributed by atoms with Crippen LogP contribution in [0.4, 0.5) is 18.0 Å². The van der Waals surface area contributed by atoms with Gasteiger partial charge < -0.3 is 18.6 Å². The Balaban J connectivity index is 1.46. The maximum absolute atomic E-state index is 15.3. The molecule has 1 aliphatic rings. The number of rotatable bonds is 7. The zero-order chi connectivity index (χ0) is 32.5. The molecule has 1 aromatic carbocycles. The predicted octanol–water partition coefficient (Wildman–Crippen LogP) is 6.34. The molecular formula is C32H32F3N5O5. The van der Waals surface area contributed by atoms with E-state index in [1.54, 1.807) is 56.5 Å². The lowest BCUT2D eigenvalue weighted by molar-refractivity contribution is -0.146. The third-order valence-electron chi connectivity index (χ3n) is 7.20. The monoisotopic (exact) mass is 623 g/mol. The highest BCUT2D eigenvalue weighted by molar-refractivity contribution is 5.84. The number of allylic oxidation sites excluding steroid dienone is 1. The van der Waals surface area contributed by atoms with Gasteiger partial charge in [-0.1, -0.05) is 18.2 Å². The van der Waals surface area contributed by atoms with Crippen molar-refractivity contribution in [2.75, 3.05) is 7.11 Å². The average molecular weight is 624 g/mol. The molecule has 0 radical (unpaired) electrons. The number of imidazole rings is 1. The molecule has 0 N–H and O–H groups in total. The van der Waals surface area contributed by atoms with Crippen LogP contribution in [0.1, 0.15) is 56.4 Å². The number of para-hydroxylation sites is 1. The molecule has 0 bridgehead atoms. The van der Waals surface area contributed by atoms with Gasteiger partial charge in [0.15, 0.2) is 5.82 Å². The summed E-state index contributed by atoms with van der Waals surface area (Å²) in [6, 6.07) is 6.90. The first-order chi connectivity index (χ1) is 21.3. The van der Waals surface area contributed by atoms with Crippen LogP contribution in [0, 0.1) is 12.7 Å². The Labute approximate surface area is 257 Å². The minimum absolute atomic E-state index is 0.0494. The second-order valence-electron chi connectivity index (χ2n) is 11.5. The Hall–Kier alpha value is -4.94. The zero-order valence-electron chi connectivity index (χ0n) is 25.4. The van der Waals surface area contributed by atoms with Crippen LogP contribution in [-0.2, 0) is 20.7 Å². The van der Waals surface area contributed by atoms with Crippen molar-refractivity contribution in [2.45, 2.75) is 65.2 Å². The minimum Gasteiger partial charge on any atom is -0.467 e. The molecule has 13 heteroatoms. The highest BCUT2D eigenvalue weighted by Crippen LogP contribution is 2.31. The molecule has 0 spiro atoms. The summed E-state index contributed by atoms with van der Waals surface area (Å²) in [5.74, 6) is -0.775. The fraction of sp³-hybridized carbons (Fsp3) is 0.344. The summed E-state index contributed by atoms with van der Waals surface area (Å²) in [6.07, 6.45) is 6.13. The van der Waals surface area contributed by atoms with Crippen molar-refractivity contribution in [3.05, 3.63) is 83.7 Å². The number of hydrogen-bond acceptors (Lipinski definition) is 8. The lowest BCUT2D eigenvalue weighted by Crippen LogP contribution is -2.46. The molecule has 3 aromatic heterocycles. The predicted molar refractivity (Wildman–Crippen MR) is 158 cm³/mol. The summed E-state index contributed by atoms with van der Waals surface area (Å²) in [6.45, 7) is 3.95. The second kappa shape index (κ2) is 12.6. The van der Waals surface area contributed by atoms with Crippen LogP contribution in [-0.4, -0.2) is 61.7 Å². The number of aryl methyl sites for hydroxylation is 1. The Kier molecular flexibility index (Phi) is 8.80. The highest BCUT2D eigenvalue weighted by atomic mass is 19.3. The number of nitrogens with zero attached hydrogens (tertiary/aromatic N) is 5. The molecular weight excluding hydrogens is 591 g/mol. The molecule has 10 nitrogen and oxygen atoms in total. The number of amides is 1. The number of hydrogen-bond donors (Lipinski definition) is 0. The zero-order valence-corrected chi connectivity index (χ0v) is 25.4. The number of esters is 1. The van der Waals surface area contributed by atoms with E-state index in [0.717, 1.165) is 0 Å². The van der Waals surface area contributed by atoms with E-state index in [0.29, 0.717) is 46.0 Å². The standard InChI is InChI=1S/C32H32F3N5O5/c1-18-25(12-19-8-6-7-9-26(19)44-30(34)35)39-17-22(23(33)13-27(39)38-18)21-14-36-28(37-15-21)20-10-11-24(29(41)43-5)40(16-20)31(42)45-32(2,3)4/h6-9,13-17,24,30H,10-12H2,1-5H3. The molecule has 236 valence electrons. The van der Waals surface area contributed by atoms with E-state index < -0.39 is 36.1 Å². The van der Waals surface area contributed by atoms with E-state index in [1.165, 1.54) is 42.7 Å². The molecule has 0 saturated carbocycles. The molecule has 5 rings (SSSR count). The molecule has 1 atom stereocenters. The maximum Gasteiger partial charge on any atom is 0.415 e. The number of methoxy groups -OCH3 is 1. The van der Waals surface area contributed by atoms with Crippen molar-refractivity contribution in [1.82, 2.24) is 24.3 Å². The second-order valence-corrected chi connectivity index (χ2v) is 11.5. The van der Waals surface area contributed by atoms with Gasteiger partial charge >= 0.3 is 18.7 Å². The summed E-state index contributed by atoms with van der Waals surface area (Å²) < 4.78 is 58.1. The van der Waals surface area contributed by atoms with E-state index in [-0.39, 0.29) is 24.2 Å². The topological polar surface area (TPSA) is 108 Å². The number of aromatic nitrogens is 4. The van der Waals surface area contributed by atoms with Crippen LogP contribution < -0.4 is 4.74 Å². The van der Waals surface area contributed by atoms with Gasteiger partial charge in [-0.15, -0.1) is 0 Å². The van der Waals surface area contributed by atoms with Gasteiger partial charge in [0.25, 0.3) is 0 Å². The number of fused-ring (bicyclic) bond motifs is 1. The average Bonchev–Trinajstić information content (AvgIpc) is 3.29. The van der Waals surface area contributed by atoms with Crippen LogP contribution in [0.5, 0.6) is 5.75 Å². The Morgan fingerprint density at radius 1 is 1.13 bits per heavy atom. The van der Waals surface area contributed by atoms with Gasteiger partial charge in [-0.25, -0.2) is 28.9 Å².